The van der Waals surface area contributed by atoms with Gasteiger partial charge in [0.05, 0.1) is 14.5 Å². The Morgan fingerprint density at radius 2 is 1.83 bits per heavy atom. The van der Waals surface area contributed by atoms with Crippen LogP contribution in [-0.2, 0) is 0 Å². The Hall–Kier alpha value is -1.03. The molecule has 0 heterocycles. The van der Waals surface area contributed by atoms with Crippen molar-refractivity contribution in [2.45, 2.75) is 0 Å². The fraction of sp³-hybridized carbons (Fsp3) is 0. The Morgan fingerprint density at radius 1 is 1.11 bits per heavy atom. The maximum absolute atomic E-state index is 12.3. The predicted octanol–water partition coefficient (Wildman–Crippen LogP) is 4.57. The Morgan fingerprint density at radius 3 is 2.50 bits per heavy atom. The first-order valence-electron chi connectivity index (χ1n) is 5.04. The lowest BCUT2D eigenvalue weighted by molar-refractivity contribution is 0.103. The first-order chi connectivity index (χ1) is 8.50. The average molecular weight is 345 g/mol. The number of nitrogens with two attached hydrogens (primary N) is 1. The largest absolute Gasteiger partial charge is 0.398 e. The first kappa shape index (κ1) is 13.4. The van der Waals surface area contributed by atoms with Gasteiger partial charge in [-0.3, -0.25) is 4.79 Å². The fourth-order valence-electron chi connectivity index (χ4n) is 1.52. The molecule has 0 saturated carbocycles. The molecule has 5 heteroatoms. The van der Waals surface area contributed by atoms with Crippen LogP contribution in [0.3, 0.4) is 0 Å². The molecule has 0 spiro atoms. The summed E-state index contributed by atoms with van der Waals surface area (Å²) in [6, 6.07) is 9.91. The van der Waals surface area contributed by atoms with Crippen LogP contribution >= 0.6 is 39.1 Å². The van der Waals surface area contributed by atoms with E-state index in [2.05, 4.69) is 15.9 Å². The van der Waals surface area contributed by atoms with Crippen molar-refractivity contribution in [3.8, 4) is 0 Å². The zero-order chi connectivity index (χ0) is 13.3. The maximum atomic E-state index is 12.3. The molecule has 0 atom stereocenters. The molecule has 2 aromatic carbocycles. The normalized spacial score (nSPS) is 10.4. The quantitative estimate of drug-likeness (QED) is 0.640. The minimum atomic E-state index is -0.159. The highest BCUT2D eigenvalue weighted by Gasteiger charge is 2.14. The second kappa shape index (κ2) is 5.31. The highest BCUT2D eigenvalue weighted by molar-refractivity contribution is 9.10. The van der Waals surface area contributed by atoms with Crippen molar-refractivity contribution in [3.05, 3.63) is 62.0 Å². The van der Waals surface area contributed by atoms with Gasteiger partial charge in [0.2, 0.25) is 0 Å². The van der Waals surface area contributed by atoms with Gasteiger partial charge < -0.3 is 5.73 Å². The molecule has 2 aromatic rings. The maximum Gasteiger partial charge on any atom is 0.194 e. The summed E-state index contributed by atoms with van der Waals surface area (Å²) >= 11 is 15.0. The third-order valence-corrected chi connectivity index (χ3v) is 4.08. The van der Waals surface area contributed by atoms with E-state index in [9.17, 15) is 4.79 Å². The molecule has 0 bridgehead atoms. The summed E-state index contributed by atoms with van der Waals surface area (Å²) in [4.78, 5) is 12.3. The van der Waals surface area contributed by atoms with Gasteiger partial charge in [-0.2, -0.15) is 0 Å². The molecule has 0 saturated heterocycles. The van der Waals surface area contributed by atoms with Gasteiger partial charge in [0.25, 0.3) is 0 Å². The fourth-order valence-corrected chi connectivity index (χ4v) is 2.26. The molecule has 18 heavy (non-hydrogen) atoms. The summed E-state index contributed by atoms with van der Waals surface area (Å²) in [7, 11) is 0. The number of carbonyl (C=O) groups excluding carboxylic acids is 1. The van der Waals surface area contributed by atoms with Crippen LogP contribution in [0.5, 0.6) is 0 Å². The van der Waals surface area contributed by atoms with E-state index >= 15 is 0 Å². The van der Waals surface area contributed by atoms with E-state index in [0.29, 0.717) is 31.3 Å². The Bertz CT molecular complexity index is 628. The van der Waals surface area contributed by atoms with Gasteiger partial charge >= 0.3 is 0 Å². The smallest absolute Gasteiger partial charge is 0.194 e. The van der Waals surface area contributed by atoms with Crippen molar-refractivity contribution in [1.29, 1.82) is 0 Å². The second-order valence-corrected chi connectivity index (χ2v) is 5.27. The number of ketones is 1. The molecule has 2 rings (SSSR count). The minimum Gasteiger partial charge on any atom is -0.398 e. The summed E-state index contributed by atoms with van der Waals surface area (Å²) < 4.78 is 0.584. The number of hydrogen-bond acceptors (Lipinski definition) is 2. The number of hydrogen-bond donors (Lipinski definition) is 1. The van der Waals surface area contributed by atoms with E-state index in [0.717, 1.165) is 0 Å². The van der Waals surface area contributed by atoms with Gasteiger partial charge in [0.1, 0.15) is 0 Å². The molecule has 0 aromatic heterocycles. The molecule has 2 nitrogen and oxygen atoms in total. The van der Waals surface area contributed by atoms with Crippen molar-refractivity contribution in [3.63, 3.8) is 0 Å². The summed E-state index contributed by atoms with van der Waals surface area (Å²) in [6.07, 6.45) is 0. The van der Waals surface area contributed by atoms with Crippen molar-refractivity contribution in [1.82, 2.24) is 0 Å². The van der Waals surface area contributed by atoms with Gasteiger partial charge in [-0.15, -0.1) is 0 Å². The highest BCUT2D eigenvalue weighted by Crippen LogP contribution is 2.28. The SMILES string of the molecule is Nc1cccc(C(=O)c2ccc(Cl)c(Cl)c2)c1Br. The van der Waals surface area contributed by atoms with Gasteiger partial charge in [0.15, 0.2) is 5.78 Å². The molecule has 0 aliphatic carbocycles. The van der Waals surface area contributed by atoms with Crippen LogP contribution < -0.4 is 5.73 Å². The Balaban J connectivity index is 2.48. The number of anilines is 1. The predicted molar refractivity (Wildman–Crippen MR) is 78.4 cm³/mol. The Labute approximate surface area is 123 Å². The van der Waals surface area contributed by atoms with Crippen molar-refractivity contribution < 1.29 is 4.79 Å². The standard InChI is InChI=1S/C13H8BrCl2NO/c14-12-8(2-1-3-11(12)17)13(18)7-4-5-9(15)10(16)6-7/h1-6H,17H2. The number of carbonyl (C=O) groups is 1. The summed E-state index contributed by atoms with van der Waals surface area (Å²) in [5.74, 6) is -0.159. The summed E-state index contributed by atoms with van der Waals surface area (Å²) in [5, 5.41) is 0.766. The lowest BCUT2D eigenvalue weighted by atomic mass is 10.0. The Kier molecular flexibility index (Phi) is 3.95. The lowest BCUT2D eigenvalue weighted by Crippen LogP contribution is -2.03. The van der Waals surface area contributed by atoms with Crippen LogP contribution in [0, 0.1) is 0 Å². The molecule has 0 aliphatic heterocycles. The van der Waals surface area contributed by atoms with E-state index in [-0.39, 0.29) is 5.78 Å². The monoisotopic (exact) mass is 343 g/mol. The van der Waals surface area contributed by atoms with E-state index < -0.39 is 0 Å². The molecule has 0 aliphatic rings. The van der Waals surface area contributed by atoms with Crippen LogP contribution in [0.4, 0.5) is 5.69 Å². The van der Waals surface area contributed by atoms with Crippen LogP contribution in [0.15, 0.2) is 40.9 Å². The van der Waals surface area contributed by atoms with Crippen LogP contribution in [0.2, 0.25) is 10.0 Å². The van der Waals surface area contributed by atoms with Gasteiger partial charge in [0, 0.05) is 16.8 Å². The topological polar surface area (TPSA) is 43.1 Å². The lowest BCUT2D eigenvalue weighted by Gasteiger charge is -2.07. The highest BCUT2D eigenvalue weighted by atomic mass is 79.9. The molecule has 92 valence electrons. The van der Waals surface area contributed by atoms with E-state index in [1.54, 1.807) is 36.4 Å². The first-order valence-corrected chi connectivity index (χ1v) is 6.59. The number of nitrogen functional groups attached to an aromatic ring is 1. The van der Waals surface area contributed by atoms with E-state index in [1.807, 2.05) is 0 Å². The number of benzene rings is 2. The molecule has 0 radical (unpaired) electrons. The second-order valence-electron chi connectivity index (χ2n) is 3.67. The minimum absolute atomic E-state index is 0.159. The van der Waals surface area contributed by atoms with Gasteiger partial charge in [-0.05, 0) is 46.3 Å². The summed E-state index contributed by atoms with van der Waals surface area (Å²) in [6.45, 7) is 0. The zero-order valence-electron chi connectivity index (χ0n) is 9.08. The molecule has 2 N–H and O–H groups in total. The van der Waals surface area contributed by atoms with E-state index in [4.69, 9.17) is 28.9 Å². The number of halogens is 3. The van der Waals surface area contributed by atoms with Crippen molar-refractivity contribution in [2.75, 3.05) is 5.73 Å². The van der Waals surface area contributed by atoms with Crippen LogP contribution in [-0.4, -0.2) is 5.78 Å². The number of rotatable bonds is 2. The van der Waals surface area contributed by atoms with Crippen LogP contribution in [0.25, 0.3) is 0 Å². The van der Waals surface area contributed by atoms with Crippen LogP contribution in [0.1, 0.15) is 15.9 Å². The molecular formula is C13H8BrCl2NO. The van der Waals surface area contributed by atoms with Gasteiger partial charge in [-0.25, -0.2) is 0 Å². The molecular weight excluding hydrogens is 337 g/mol. The third kappa shape index (κ3) is 2.53. The van der Waals surface area contributed by atoms with Crippen molar-refractivity contribution >= 4 is 50.6 Å². The van der Waals surface area contributed by atoms with Crippen molar-refractivity contribution in [2.24, 2.45) is 0 Å². The third-order valence-electron chi connectivity index (χ3n) is 2.46. The van der Waals surface area contributed by atoms with E-state index in [1.165, 1.54) is 0 Å². The molecule has 0 unspecified atom stereocenters. The molecule has 0 fully saturated rings. The zero-order valence-corrected chi connectivity index (χ0v) is 12.2. The average Bonchev–Trinajstić information content (AvgIpc) is 2.35. The van der Waals surface area contributed by atoms with Gasteiger partial charge in [-0.1, -0.05) is 29.3 Å². The molecule has 0 amide bonds. The summed E-state index contributed by atoms with van der Waals surface area (Å²) in [5.41, 5.74) is 7.22.